The van der Waals surface area contributed by atoms with Gasteiger partial charge in [-0.15, -0.1) is 0 Å². The zero-order valence-corrected chi connectivity index (χ0v) is 10.5. The maximum atomic E-state index is 11.5. The number of hydrogen-bond acceptors (Lipinski definition) is 4. The molecule has 3 rings (SSSR count). The lowest BCUT2D eigenvalue weighted by Gasteiger charge is -2.09. The van der Waals surface area contributed by atoms with Gasteiger partial charge in [0.15, 0.2) is 0 Å². The molecule has 0 bridgehead atoms. The number of anilines is 2. The van der Waals surface area contributed by atoms with Gasteiger partial charge in [-0.1, -0.05) is 0 Å². The second-order valence-corrected chi connectivity index (χ2v) is 4.44. The van der Waals surface area contributed by atoms with Crippen molar-refractivity contribution in [3.63, 3.8) is 0 Å². The molecular weight excluding hydrogens is 244 g/mol. The highest BCUT2D eigenvalue weighted by molar-refractivity contribution is 5.94. The molecule has 0 saturated carbocycles. The number of carbonyl (C=O) groups excluding carboxylic acids is 1. The van der Waals surface area contributed by atoms with Gasteiger partial charge in [0.25, 0.3) is 0 Å². The summed E-state index contributed by atoms with van der Waals surface area (Å²) < 4.78 is 7.22. The van der Waals surface area contributed by atoms with E-state index < -0.39 is 0 Å². The zero-order chi connectivity index (χ0) is 13.4. The van der Waals surface area contributed by atoms with E-state index in [0.717, 1.165) is 11.3 Å². The van der Waals surface area contributed by atoms with Gasteiger partial charge in [0.1, 0.15) is 11.6 Å². The fraction of sp³-hybridized carbons (Fsp3) is 0.231. The highest BCUT2D eigenvalue weighted by Crippen LogP contribution is 2.32. The van der Waals surface area contributed by atoms with Crippen LogP contribution in [-0.2, 0) is 11.8 Å². The van der Waals surface area contributed by atoms with Crippen LogP contribution in [0.15, 0.2) is 24.3 Å². The number of benzene rings is 1. The van der Waals surface area contributed by atoms with E-state index in [0.29, 0.717) is 30.3 Å². The largest absolute Gasteiger partial charge is 0.491 e. The Kier molecular flexibility index (Phi) is 2.63. The lowest BCUT2D eigenvalue weighted by molar-refractivity contribution is -0.116. The summed E-state index contributed by atoms with van der Waals surface area (Å²) in [7, 11) is 1.83. The van der Waals surface area contributed by atoms with E-state index in [1.807, 2.05) is 25.2 Å². The predicted molar refractivity (Wildman–Crippen MR) is 71.8 cm³/mol. The first kappa shape index (κ1) is 11.6. The highest BCUT2D eigenvalue weighted by atomic mass is 16.5. The summed E-state index contributed by atoms with van der Waals surface area (Å²) in [6.45, 7) is 0.400. The molecule has 98 valence electrons. The number of fused-ring (bicyclic) bond motifs is 1. The molecule has 0 aliphatic carbocycles. The summed E-state index contributed by atoms with van der Waals surface area (Å²) in [4.78, 5) is 11.5. The van der Waals surface area contributed by atoms with Gasteiger partial charge in [-0.25, -0.2) is 0 Å². The van der Waals surface area contributed by atoms with Gasteiger partial charge in [0, 0.05) is 18.7 Å². The number of ether oxygens (including phenoxy) is 1. The molecule has 19 heavy (non-hydrogen) atoms. The van der Waals surface area contributed by atoms with Gasteiger partial charge < -0.3 is 15.8 Å². The predicted octanol–water partition coefficient (Wildman–Crippen LogP) is 1.39. The lowest BCUT2D eigenvalue weighted by atomic mass is 10.1. The minimum atomic E-state index is -0.0413. The average Bonchev–Trinajstić information content (AvgIpc) is 2.59. The third-order valence-electron chi connectivity index (χ3n) is 3.03. The second-order valence-electron chi connectivity index (χ2n) is 4.44. The van der Waals surface area contributed by atoms with E-state index in [4.69, 9.17) is 10.5 Å². The molecule has 6 nitrogen and oxygen atoms in total. The molecule has 2 heterocycles. The van der Waals surface area contributed by atoms with Crippen LogP contribution in [0.5, 0.6) is 5.75 Å². The van der Waals surface area contributed by atoms with Crippen LogP contribution in [0.2, 0.25) is 0 Å². The molecule has 0 spiro atoms. The smallest absolute Gasteiger partial charge is 0.227 e. The summed E-state index contributed by atoms with van der Waals surface area (Å²) in [5.41, 5.74) is 8.17. The second kappa shape index (κ2) is 4.31. The number of hydrogen-bond donors (Lipinski definition) is 2. The van der Waals surface area contributed by atoms with Crippen molar-refractivity contribution in [3.05, 3.63) is 24.3 Å². The number of nitrogens with two attached hydrogens (primary N) is 1. The maximum Gasteiger partial charge on any atom is 0.227 e. The number of rotatable bonds is 1. The molecular formula is C13H14N4O2. The van der Waals surface area contributed by atoms with Crippen LogP contribution >= 0.6 is 0 Å². The third kappa shape index (κ3) is 2.12. The Bertz CT molecular complexity index is 648. The number of carbonyl (C=O) groups is 1. The van der Waals surface area contributed by atoms with Crippen LogP contribution in [0.4, 0.5) is 11.5 Å². The molecule has 3 N–H and O–H groups in total. The number of nitrogens with zero attached hydrogens (tertiary/aromatic N) is 2. The number of amides is 1. The molecule has 6 heteroatoms. The summed E-state index contributed by atoms with van der Waals surface area (Å²) in [6, 6.07) is 7.43. The van der Waals surface area contributed by atoms with Gasteiger partial charge >= 0.3 is 0 Å². The van der Waals surface area contributed by atoms with Crippen molar-refractivity contribution in [2.45, 2.75) is 6.42 Å². The molecule has 2 aromatic rings. The van der Waals surface area contributed by atoms with E-state index in [2.05, 4.69) is 10.4 Å². The fourth-order valence-electron chi connectivity index (χ4n) is 2.14. The van der Waals surface area contributed by atoms with Crippen molar-refractivity contribution < 1.29 is 9.53 Å². The molecule has 1 aliphatic heterocycles. The molecule has 1 aromatic carbocycles. The maximum absolute atomic E-state index is 11.5. The topological polar surface area (TPSA) is 82.2 Å². The molecule has 1 amide bonds. The van der Waals surface area contributed by atoms with Crippen molar-refractivity contribution in [1.82, 2.24) is 9.78 Å². The fourth-order valence-corrected chi connectivity index (χ4v) is 2.14. The highest BCUT2D eigenvalue weighted by Gasteiger charge is 2.15. The Morgan fingerprint density at radius 2 is 2.26 bits per heavy atom. The molecule has 1 aromatic heterocycles. The summed E-state index contributed by atoms with van der Waals surface area (Å²) >= 11 is 0. The Hall–Kier alpha value is -2.50. The van der Waals surface area contributed by atoms with Crippen LogP contribution in [0, 0.1) is 0 Å². The van der Waals surface area contributed by atoms with Crippen molar-refractivity contribution in [2.75, 3.05) is 17.7 Å². The number of nitrogen functional groups attached to an aromatic ring is 1. The van der Waals surface area contributed by atoms with Gasteiger partial charge in [-0.05, 0) is 18.2 Å². The molecule has 0 saturated heterocycles. The summed E-state index contributed by atoms with van der Waals surface area (Å²) in [5.74, 6) is 1.11. The molecule has 0 unspecified atom stereocenters. The quantitative estimate of drug-likeness (QED) is 0.809. The van der Waals surface area contributed by atoms with Crippen LogP contribution in [0.3, 0.4) is 0 Å². The molecule has 0 atom stereocenters. The Morgan fingerprint density at radius 1 is 1.42 bits per heavy atom. The summed E-state index contributed by atoms with van der Waals surface area (Å²) in [5, 5.41) is 6.94. The van der Waals surface area contributed by atoms with E-state index in [9.17, 15) is 4.79 Å². The first-order chi connectivity index (χ1) is 9.13. The van der Waals surface area contributed by atoms with Crippen molar-refractivity contribution in [2.24, 2.45) is 7.05 Å². The van der Waals surface area contributed by atoms with Gasteiger partial charge in [-0.2, -0.15) is 5.10 Å². The molecule has 1 aliphatic rings. The van der Waals surface area contributed by atoms with Crippen LogP contribution in [0.25, 0.3) is 11.3 Å². The van der Waals surface area contributed by atoms with E-state index in [-0.39, 0.29) is 5.91 Å². The minimum absolute atomic E-state index is 0.0413. The van der Waals surface area contributed by atoms with Gasteiger partial charge in [0.2, 0.25) is 5.91 Å². The van der Waals surface area contributed by atoms with Gasteiger partial charge in [0.05, 0.1) is 24.4 Å². The van der Waals surface area contributed by atoms with E-state index in [1.165, 1.54) is 0 Å². The normalized spacial score (nSPS) is 14.3. The Morgan fingerprint density at radius 3 is 3.00 bits per heavy atom. The van der Waals surface area contributed by atoms with Crippen molar-refractivity contribution in [3.8, 4) is 17.0 Å². The zero-order valence-electron chi connectivity index (χ0n) is 10.5. The van der Waals surface area contributed by atoms with Crippen LogP contribution in [0.1, 0.15) is 6.42 Å². The number of aryl methyl sites for hydroxylation is 1. The molecule has 0 radical (unpaired) electrons. The SMILES string of the molecule is Cn1nc(N)cc1-c1ccc2c(c1)NC(=O)CCO2. The minimum Gasteiger partial charge on any atom is -0.491 e. The third-order valence-corrected chi connectivity index (χ3v) is 3.03. The van der Waals surface area contributed by atoms with Crippen molar-refractivity contribution >= 4 is 17.4 Å². The average molecular weight is 258 g/mol. The van der Waals surface area contributed by atoms with Crippen LogP contribution in [-0.4, -0.2) is 22.3 Å². The number of nitrogens with one attached hydrogen (secondary N) is 1. The van der Waals surface area contributed by atoms with Gasteiger partial charge in [-0.3, -0.25) is 9.48 Å². The first-order valence-electron chi connectivity index (χ1n) is 6.00. The Balaban J connectivity index is 2.05. The van der Waals surface area contributed by atoms with E-state index >= 15 is 0 Å². The van der Waals surface area contributed by atoms with Crippen molar-refractivity contribution in [1.29, 1.82) is 0 Å². The van der Waals surface area contributed by atoms with E-state index in [1.54, 1.807) is 10.7 Å². The summed E-state index contributed by atoms with van der Waals surface area (Å²) in [6.07, 6.45) is 0.364. The standard InChI is InChI=1S/C13H14N4O2/c1-17-10(7-12(14)16-17)8-2-3-11-9(6-8)15-13(18)4-5-19-11/h2-3,6-7H,4-5H2,1H3,(H2,14,16)(H,15,18). The lowest BCUT2D eigenvalue weighted by Crippen LogP contribution is -2.10. The Labute approximate surface area is 110 Å². The monoisotopic (exact) mass is 258 g/mol. The van der Waals surface area contributed by atoms with Crippen LogP contribution < -0.4 is 15.8 Å². The number of aromatic nitrogens is 2. The first-order valence-corrected chi connectivity index (χ1v) is 6.00. The molecule has 0 fully saturated rings.